The van der Waals surface area contributed by atoms with Crippen molar-refractivity contribution in [1.29, 1.82) is 0 Å². The van der Waals surface area contributed by atoms with E-state index in [1.165, 1.54) is 0 Å². The lowest BCUT2D eigenvalue weighted by molar-refractivity contribution is -0.303. The predicted octanol–water partition coefficient (Wildman–Crippen LogP) is -3.85. The highest BCUT2D eigenvalue weighted by Crippen LogP contribution is 2.31. The first-order valence-corrected chi connectivity index (χ1v) is 10.6. The first kappa shape index (κ1) is 24.7. The van der Waals surface area contributed by atoms with Crippen LogP contribution in [0.2, 0.25) is 0 Å². The molecule has 2 aliphatic heterocycles. The summed E-state index contributed by atoms with van der Waals surface area (Å²) in [5.74, 6) is 0.555. The molecule has 1 saturated carbocycles. The summed E-state index contributed by atoms with van der Waals surface area (Å²) in [6.45, 7) is 1.68. The van der Waals surface area contributed by atoms with Crippen molar-refractivity contribution in [2.75, 3.05) is 20.2 Å². The molecule has 2 unspecified atom stereocenters. The molecule has 12 nitrogen and oxygen atoms in total. The maximum atomic E-state index is 11.0. The molecule has 0 aromatic heterocycles. The number of likely N-dealkylation sites (N-methyl/N-ethyl adjacent to an activating group) is 1. The van der Waals surface area contributed by atoms with Crippen molar-refractivity contribution in [3.63, 3.8) is 0 Å². The number of rotatable bonds is 6. The first-order valence-electron chi connectivity index (χ1n) is 10.6. The molecule has 1 aliphatic carbocycles. The van der Waals surface area contributed by atoms with Gasteiger partial charge in [0, 0.05) is 12.1 Å². The van der Waals surface area contributed by atoms with E-state index in [1.54, 1.807) is 20.0 Å². The molecular weight excluding hydrogens is 410 g/mol. The van der Waals surface area contributed by atoms with Crippen LogP contribution in [0.5, 0.6) is 0 Å². The van der Waals surface area contributed by atoms with Crippen LogP contribution in [0.4, 0.5) is 0 Å². The van der Waals surface area contributed by atoms with E-state index < -0.39 is 66.8 Å². The van der Waals surface area contributed by atoms with Crippen LogP contribution >= 0.6 is 0 Å². The first-order chi connectivity index (χ1) is 14.6. The highest BCUT2D eigenvalue weighted by Gasteiger charge is 2.50. The van der Waals surface area contributed by atoms with E-state index in [4.69, 9.17) is 41.9 Å². The van der Waals surface area contributed by atoms with Crippen LogP contribution < -0.4 is 28.3 Å². The predicted molar refractivity (Wildman–Crippen MR) is 110 cm³/mol. The molecule has 180 valence electrons. The summed E-state index contributed by atoms with van der Waals surface area (Å²) in [6, 6.07) is -2.37. The largest absolute Gasteiger partial charge is 0.467 e. The van der Waals surface area contributed by atoms with E-state index in [2.05, 4.69) is 5.32 Å². The normalized spacial score (nSPS) is 48.7. The molecule has 3 aliphatic rings. The summed E-state index contributed by atoms with van der Waals surface area (Å²) in [4.78, 5) is 0. The standard InChI is InChI=1S/C19H37N5O7/c1-19(27)7-28-18(13(26)16(19)24-2)31-15-11(23)5-10(22)14(12(15)25)30-17-9(21)4-3-8(6-20)29-17/h3,9-18,24-27H,4-7,20-23H2,1-2H3/t9?,10-,11-,12+,13-,14-,15+,16?,17-,18-,19+/m1/s1. The summed E-state index contributed by atoms with van der Waals surface area (Å²) in [6.07, 6.45) is -3.56. The van der Waals surface area contributed by atoms with E-state index in [0.717, 1.165) is 0 Å². The van der Waals surface area contributed by atoms with Crippen LogP contribution in [0.15, 0.2) is 11.8 Å². The number of nitrogens with one attached hydrogen (secondary N) is 1. The molecule has 2 heterocycles. The minimum atomic E-state index is -1.29. The van der Waals surface area contributed by atoms with Crippen LogP contribution in [0, 0.1) is 0 Å². The fourth-order valence-electron chi connectivity index (χ4n) is 4.44. The topological polar surface area (TPSA) is 214 Å². The zero-order chi connectivity index (χ0) is 22.9. The zero-order valence-electron chi connectivity index (χ0n) is 18.0. The molecule has 2 fully saturated rings. The van der Waals surface area contributed by atoms with E-state index >= 15 is 0 Å². The fourth-order valence-corrected chi connectivity index (χ4v) is 4.44. The van der Waals surface area contributed by atoms with Crippen LogP contribution in [0.3, 0.4) is 0 Å². The van der Waals surface area contributed by atoms with E-state index in [1.807, 2.05) is 0 Å². The number of aliphatic hydroxyl groups is 3. The number of nitrogens with two attached hydrogens (primary N) is 4. The van der Waals surface area contributed by atoms with Gasteiger partial charge in [0.2, 0.25) is 6.29 Å². The van der Waals surface area contributed by atoms with Crippen molar-refractivity contribution in [2.45, 2.75) is 86.5 Å². The molecule has 12 heteroatoms. The van der Waals surface area contributed by atoms with Gasteiger partial charge in [0.1, 0.15) is 35.8 Å². The van der Waals surface area contributed by atoms with Crippen LogP contribution in [-0.2, 0) is 18.9 Å². The van der Waals surface area contributed by atoms with E-state index in [9.17, 15) is 15.3 Å². The Hall–Kier alpha value is -0.900. The third kappa shape index (κ3) is 5.20. The highest BCUT2D eigenvalue weighted by atomic mass is 16.7. The average Bonchev–Trinajstić information content (AvgIpc) is 2.71. The third-order valence-electron chi connectivity index (χ3n) is 6.22. The quantitative estimate of drug-likeness (QED) is 0.196. The van der Waals surface area contributed by atoms with Gasteiger partial charge in [-0.15, -0.1) is 0 Å². The molecule has 12 N–H and O–H groups in total. The Morgan fingerprint density at radius 1 is 1.10 bits per heavy atom. The molecule has 0 amide bonds. The van der Waals surface area contributed by atoms with Gasteiger partial charge in [-0.25, -0.2) is 0 Å². The summed E-state index contributed by atoms with van der Waals surface area (Å²) in [5, 5.41) is 34.9. The average molecular weight is 448 g/mol. The second-order valence-electron chi connectivity index (χ2n) is 8.81. The SMILES string of the molecule is CNC1[C@@H](O)[C@@H](O[C@@H]2[C@@H](O)[C@H](O[C@H]3OC(CN)=CCC3N)[C@H](N)C[C@H]2N)OC[C@]1(C)O. The van der Waals surface area contributed by atoms with Gasteiger partial charge in [-0.2, -0.15) is 0 Å². The van der Waals surface area contributed by atoms with E-state index in [0.29, 0.717) is 18.6 Å². The zero-order valence-corrected chi connectivity index (χ0v) is 18.0. The van der Waals surface area contributed by atoms with Crippen molar-refractivity contribution in [1.82, 2.24) is 5.32 Å². The molecule has 0 aromatic rings. The molecule has 3 rings (SSSR count). The molecule has 31 heavy (non-hydrogen) atoms. The lowest BCUT2D eigenvalue weighted by Gasteiger charge is -2.48. The molecule has 1 saturated heterocycles. The highest BCUT2D eigenvalue weighted by molar-refractivity contribution is 5.04. The molecule has 11 atom stereocenters. The van der Waals surface area contributed by atoms with Gasteiger partial charge in [-0.1, -0.05) is 0 Å². The molecule has 0 bridgehead atoms. The second-order valence-corrected chi connectivity index (χ2v) is 8.81. The monoisotopic (exact) mass is 447 g/mol. The molecule has 0 aromatic carbocycles. The Bertz CT molecular complexity index is 639. The smallest absolute Gasteiger partial charge is 0.215 e. The summed E-state index contributed by atoms with van der Waals surface area (Å²) in [7, 11) is 1.62. The van der Waals surface area contributed by atoms with Gasteiger partial charge in [-0.05, 0) is 32.9 Å². The maximum absolute atomic E-state index is 11.0. The van der Waals surface area contributed by atoms with Crippen LogP contribution in [0.1, 0.15) is 19.8 Å². The van der Waals surface area contributed by atoms with Gasteiger partial charge in [0.15, 0.2) is 6.29 Å². The summed E-state index contributed by atoms with van der Waals surface area (Å²) >= 11 is 0. The van der Waals surface area contributed by atoms with Crippen molar-refractivity contribution < 1.29 is 34.3 Å². The van der Waals surface area contributed by atoms with Crippen molar-refractivity contribution >= 4 is 0 Å². The second kappa shape index (κ2) is 9.93. The Morgan fingerprint density at radius 2 is 1.71 bits per heavy atom. The number of hydrogen-bond donors (Lipinski definition) is 8. The van der Waals surface area contributed by atoms with Crippen LogP contribution in [0.25, 0.3) is 0 Å². The number of hydrogen-bond acceptors (Lipinski definition) is 12. The van der Waals surface area contributed by atoms with Crippen LogP contribution in [-0.4, -0.2) is 102 Å². The lowest BCUT2D eigenvalue weighted by atomic mass is 9.84. The Balaban J connectivity index is 1.69. The van der Waals surface area contributed by atoms with Gasteiger partial charge in [0.25, 0.3) is 0 Å². The Labute approximate surface area is 181 Å². The summed E-state index contributed by atoms with van der Waals surface area (Å²) in [5.41, 5.74) is 22.9. The Kier molecular flexibility index (Phi) is 7.92. The minimum absolute atomic E-state index is 0.0727. The van der Waals surface area contributed by atoms with Gasteiger partial charge < -0.3 is 62.5 Å². The van der Waals surface area contributed by atoms with Crippen molar-refractivity contribution in [2.24, 2.45) is 22.9 Å². The number of aliphatic hydroxyl groups excluding tert-OH is 2. The van der Waals surface area contributed by atoms with E-state index in [-0.39, 0.29) is 13.2 Å². The van der Waals surface area contributed by atoms with Gasteiger partial charge in [-0.3, -0.25) is 0 Å². The number of ether oxygens (including phenoxy) is 4. The van der Waals surface area contributed by atoms with Gasteiger partial charge >= 0.3 is 0 Å². The lowest BCUT2D eigenvalue weighted by Crippen LogP contribution is -2.68. The maximum Gasteiger partial charge on any atom is 0.215 e. The van der Waals surface area contributed by atoms with Crippen molar-refractivity contribution in [3.8, 4) is 0 Å². The van der Waals surface area contributed by atoms with Crippen molar-refractivity contribution in [3.05, 3.63) is 11.8 Å². The third-order valence-corrected chi connectivity index (χ3v) is 6.22. The molecule has 0 radical (unpaired) electrons. The van der Waals surface area contributed by atoms with Gasteiger partial charge in [0.05, 0.1) is 25.2 Å². The minimum Gasteiger partial charge on any atom is -0.467 e. The fraction of sp³-hybridized carbons (Fsp3) is 0.895. The summed E-state index contributed by atoms with van der Waals surface area (Å²) < 4.78 is 23.1. The Morgan fingerprint density at radius 3 is 2.29 bits per heavy atom. The molecular formula is C19H37N5O7. The molecule has 0 spiro atoms.